The summed E-state index contributed by atoms with van der Waals surface area (Å²) in [5.41, 5.74) is 1.98. The van der Waals surface area contributed by atoms with Crippen LogP contribution in [0.25, 0.3) is 0 Å². The molecule has 0 amide bonds. The zero-order valence-corrected chi connectivity index (χ0v) is 13.3. The number of rotatable bonds is 4. The number of fused-ring (bicyclic) bond motifs is 3. The van der Waals surface area contributed by atoms with Crippen molar-refractivity contribution < 1.29 is 9.72 Å². The molecule has 2 aliphatic heterocycles. The molecule has 4 rings (SSSR count). The molecule has 0 spiro atoms. The van der Waals surface area contributed by atoms with Crippen molar-refractivity contribution in [3.05, 3.63) is 69.8 Å². The predicted molar refractivity (Wildman–Crippen MR) is 93.7 cm³/mol. The van der Waals surface area contributed by atoms with Crippen molar-refractivity contribution in [3.63, 3.8) is 0 Å². The van der Waals surface area contributed by atoms with Gasteiger partial charge in [-0.15, -0.1) is 0 Å². The SMILES string of the molecule is O=C(CC1=Nc2ccccc2C2=NCCN12)c1cccc([N+](=O)[O-])c1. The maximum atomic E-state index is 12.6. The van der Waals surface area contributed by atoms with Crippen LogP contribution in [0.3, 0.4) is 0 Å². The Bertz CT molecular complexity index is 949. The van der Waals surface area contributed by atoms with Crippen LogP contribution in [-0.2, 0) is 0 Å². The smallest absolute Gasteiger partial charge is 0.270 e. The van der Waals surface area contributed by atoms with Crippen LogP contribution in [0.5, 0.6) is 0 Å². The van der Waals surface area contributed by atoms with Gasteiger partial charge in [-0.1, -0.05) is 24.3 Å². The molecule has 124 valence electrons. The van der Waals surface area contributed by atoms with Crippen LogP contribution in [0, 0.1) is 10.1 Å². The van der Waals surface area contributed by atoms with E-state index in [4.69, 9.17) is 0 Å². The molecule has 0 fully saturated rings. The maximum absolute atomic E-state index is 12.6. The first-order valence-corrected chi connectivity index (χ1v) is 7.90. The number of nitro groups is 1. The van der Waals surface area contributed by atoms with Gasteiger partial charge in [0.1, 0.15) is 11.7 Å². The minimum absolute atomic E-state index is 0.0779. The Balaban J connectivity index is 1.66. The zero-order chi connectivity index (χ0) is 17.4. The van der Waals surface area contributed by atoms with Gasteiger partial charge in [-0.25, -0.2) is 4.99 Å². The molecule has 2 aromatic rings. The number of non-ortho nitro benzene ring substituents is 1. The Kier molecular flexibility index (Phi) is 3.61. The fourth-order valence-electron chi connectivity index (χ4n) is 3.06. The van der Waals surface area contributed by atoms with Crippen LogP contribution in [0.15, 0.2) is 58.5 Å². The van der Waals surface area contributed by atoms with E-state index < -0.39 is 4.92 Å². The standard InChI is InChI=1S/C18H14N4O3/c23-16(12-4-3-5-13(10-12)22(24)25)11-17-20-15-7-2-1-6-14(15)18-19-8-9-21(17)18/h1-7,10H,8-9,11H2. The number of carbonyl (C=O) groups is 1. The number of amidine groups is 2. The van der Waals surface area contributed by atoms with Gasteiger partial charge >= 0.3 is 0 Å². The van der Waals surface area contributed by atoms with Crippen molar-refractivity contribution in [1.82, 2.24) is 4.90 Å². The summed E-state index contributed by atoms with van der Waals surface area (Å²) < 4.78 is 0. The quantitative estimate of drug-likeness (QED) is 0.488. The third-order valence-corrected chi connectivity index (χ3v) is 4.24. The molecule has 0 bridgehead atoms. The highest BCUT2D eigenvalue weighted by Gasteiger charge is 2.30. The van der Waals surface area contributed by atoms with Crippen LogP contribution in [0.1, 0.15) is 22.3 Å². The van der Waals surface area contributed by atoms with E-state index in [1.165, 1.54) is 18.2 Å². The number of nitrogens with zero attached hydrogens (tertiary/aromatic N) is 4. The molecule has 0 saturated carbocycles. The van der Waals surface area contributed by atoms with Crippen LogP contribution >= 0.6 is 0 Å². The molecule has 7 heteroatoms. The Hall–Kier alpha value is -3.35. The number of para-hydroxylation sites is 1. The molecule has 2 aliphatic rings. The molecule has 0 aromatic heterocycles. The van der Waals surface area contributed by atoms with Crippen molar-refractivity contribution in [1.29, 1.82) is 0 Å². The van der Waals surface area contributed by atoms with Gasteiger partial charge in [0, 0.05) is 29.8 Å². The molecule has 0 unspecified atom stereocenters. The Morgan fingerprint density at radius 3 is 2.88 bits per heavy atom. The Morgan fingerprint density at radius 2 is 2.04 bits per heavy atom. The normalized spacial score (nSPS) is 15.1. The topological polar surface area (TPSA) is 88.2 Å². The molecule has 0 radical (unpaired) electrons. The van der Waals surface area contributed by atoms with E-state index in [1.807, 2.05) is 29.2 Å². The molecule has 0 N–H and O–H groups in total. The highest BCUT2D eigenvalue weighted by Crippen LogP contribution is 2.29. The van der Waals surface area contributed by atoms with Crippen molar-refractivity contribution >= 4 is 28.8 Å². The largest absolute Gasteiger partial charge is 0.312 e. The molecule has 25 heavy (non-hydrogen) atoms. The second-order valence-corrected chi connectivity index (χ2v) is 5.81. The minimum atomic E-state index is -0.504. The molecule has 7 nitrogen and oxygen atoms in total. The van der Waals surface area contributed by atoms with Crippen molar-refractivity contribution in [2.24, 2.45) is 9.98 Å². The van der Waals surface area contributed by atoms with Gasteiger partial charge < -0.3 is 4.90 Å². The Labute approximate surface area is 143 Å². The lowest BCUT2D eigenvalue weighted by molar-refractivity contribution is -0.384. The van der Waals surface area contributed by atoms with E-state index in [2.05, 4.69) is 9.98 Å². The van der Waals surface area contributed by atoms with Gasteiger partial charge in [0.25, 0.3) is 5.69 Å². The fourth-order valence-corrected chi connectivity index (χ4v) is 3.06. The van der Waals surface area contributed by atoms with Crippen LogP contribution < -0.4 is 0 Å². The lowest BCUT2D eigenvalue weighted by Crippen LogP contribution is -2.38. The molecule has 0 atom stereocenters. The van der Waals surface area contributed by atoms with E-state index in [-0.39, 0.29) is 17.9 Å². The van der Waals surface area contributed by atoms with E-state index in [9.17, 15) is 14.9 Å². The van der Waals surface area contributed by atoms with Gasteiger partial charge in [-0.3, -0.25) is 19.9 Å². The average molecular weight is 334 g/mol. The molecule has 2 heterocycles. The van der Waals surface area contributed by atoms with E-state index >= 15 is 0 Å². The van der Waals surface area contributed by atoms with Crippen LogP contribution in [0.2, 0.25) is 0 Å². The summed E-state index contributed by atoms with van der Waals surface area (Å²) in [5.74, 6) is 1.27. The first-order chi connectivity index (χ1) is 12.1. The number of Topliss-reactive ketones (excluding diaryl/α,β-unsaturated/α-hetero) is 1. The summed E-state index contributed by atoms with van der Waals surface area (Å²) in [6, 6.07) is 13.5. The summed E-state index contributed by atoms with van der Waals surface area (Å²) in [6.45, 7) is 1.35. The molecular formula is C18H14N4O3. The first-order valence-electron chi connectivity index (χ1n) is 7.90. The van der Waals surface area contributed by atoms with Crippen molar-refractivity contribution in [3.8, 4) is 0 Å². The fraction of sp³-hybridized carbons (Fsp3) is 0.167. The number of aliphatic imine (C=N–C) groups is 2. The molecule has 2 aromatic carbocycles. The Morgan fingerprint density at radius 1 is 1.20 bits per heavy atom. The van der Waals surface area contributed by atoms with Crippen LogP contribution in [-0.4, -0.2) is 40.4 Å². The van der Waals surface area contributed by atoms with Gasteiger partial charge in [0.05, 0.1) is 23.6 Å². The van der Waals surface area contributed by atoms with E-state index in [0.29, 0.717) is 24.5 Å². The van der Waals surface area contributed by atoms with Crippen LogP contribution in [0.4, 0.5) is 11.4 Å². The average Bonchev–Trinajstić information content (AvgIpc) is 3.12. The number of hydrogen-bond acceptors (Lipinski definition) is 6. The number of ketones is 1. The molecule has 0 saturated heterocycles. The van der Waals surface area contributed by atoms with Crippen molar-refractivity contribution in [2.75, 3.05) is 13.1 Å². The van der Waals surface area contributed by atoms with Gasteiger partial charge in [-0.05, 0) is 12.1 Å². The third-order valence-electron chi connectivity index (χ3n) is 4.24. The highest BCUT2D eigenvalue weighted by molar-refractivity contribution is 6.20. The number of benzene rings is 2. The molecule has 0 aliphatic carbocycles. The molecular weight excluding hydrogens is 320 g/mol. The van der Waals surface area contributed by atoms with E-state index in [1.54, 1.807) is 6.07 Å². The lowest BCUT2D eigenvalue weighted by Gasteiger charge is -2.27. The summed E-state index contributed by atoms with van der Waals surface area (Å²) >= 11 is 0. The second-order valence-electron chi connectivity index (χ2n) is 5.81. The zero-order valence-electron chi connectivity index (χ0n) is 13.3. The summed E-state index contributed by atoms with van der Waals surface area (Å²) in [6.07, 6.45) is 0.0779. The highest BCUT2D eigenvalue weighted by atomic mass is 16.6. The van der Waals surface area contributed by atoms with Crippen molar-refractivity contribution in [2.45, 2.75) is 6.42 Å². The minimum Gasteiger partial charge on any atom is -0.312 e. The monoisotopic (exact) mass is 334 g/mol. The number of nitro benzene ring substituents is 1. The first kappa shape index (κ1) is 15.2. The maximum Gasteiger partial charge on any atom is 0.270 e. The van der Waals surface area contributed by atoms with Gasteiger partial charge in [0.15, 0.2) is 5.78 Å². The third kappa shape index (κ3) is 2.69. The van der Waals surface area contributed by atoms with Gasteiger partial charge in [0.2, 0.25) is 0 Å². The lowest BCUT2D eigenvalue weighted by atomic mass is 10.0. The van der Waals surface area contributed by atoms with Gasteiger partial charge in [-0.2, -0.15) is 0 Å². The summed E-state index contributed by atoms with van der Waals surface area (Å²) in [5, 5.41) is 10.9. The number of carbonyl (C=O) groups excluding carboxylic acids is 1. The summed E-state index contributed by atoms with van der Waals surface area (Å²) in [7, 11) is 0. The second kappa shape index (κ2) is 5.94. The predicted octanol–water partition coefficient (Wildman–Crippen LogP) is 2.97. The van der Waals surface area contributed by atoms with E-state index in [0.717, 1.165) is 17.1 Å². The number of hydrogen-bond donors (Lipinski definition) is 0. The summed E-state index contributed by atoms with van der Waals surface area (Å²) in [4.78, 5) is 34.1.